The van der Waals surface area contributed by atoms with E-state index in [1.54, 1.807) is 12.1 Å². The van der Waals surface area contributed by atoms with Crippen molar-refractivity contribution in [3.8, 4) is 6.07 Å². The quantitative estimate of drug-likeness (QED) is 0.662. The van der Waals surface area contributed by atoms with Gasteiger partial charge in [-0.05, 0) is 31.2 Å². The third kappa shape index (κ3) is 4.49. The molecule has 2 rings (SSSR count). The zero-order valence-corrected chi connectivity index (χ0v) is 13.9. The van der Waals surface area contributed by atoms with Crippen LogP contribution in [0.2, 0.25) is 0 Å². The van der Waals surface area contributed by atoms with E-state index in [4.69, 9.17) is 4.74 Å². The smallest absolute Gasteiger partial charge is 0.339 e. The molecule has 0 aliphatic heterocycles. The predicted octanol–water partition coefficient (Wildman–Crippen LogP) is 2.91. The summed E-state index contributed by atoms with van der Waals surface area (Å²) in [5.41, 5.74) is -0.362. The van der Waals surface area contributed by atoms with Gasteiger partial charge in [-0.2, -0.15) is 5.26 Å². The number of benzene rings is 1. The van der Waals surface area contributed by atoms with Gasteiger partial charge in [-0.15, -0.1) is 11.8 Å². The molecule has 0 atom stereocenters. The molecule has 23 heavy (non-hydrogen) atoms. The van der Waals surface area contributed by atoms with E-state index in [0.29, 0.717) is 18.4 Å². The third-order valence-corrected chi connectivity index (χ3v) is 4.76. The number of hydrogen-bond acceptors (Lipinski definition) is 5. The van der Waals surface area contributed by atoms with Crippen LogP contribution in [0, 0.1) is 11.3 Å². The second-order valence-corrected chi connectivity index (χ2v) is 6.43. The molecule has 1 aliphatic rings. The average Bonchev–Trinajstić information content (AvgIpc) is 2.60. The van der Waals surface area contributed by atoms with E-state index >= 15 is 0 Å². The first kappa shape index (κ1) is 17.4. The maximum absolute atomic E-state index is 12.1. The van der Waals surface area contributed by atoms with Gasteiger partial charge in [0.1, 0.15) is 5.54 Å². The molecule has 0 unspecified atom stereocenters. The molecule has 0 spiro atoms. The van der Waals surface area contributed by atoms with Crippen LogP contribution in [0.15, 0.2) is 29.2 Å². The lowest BCUT2D eigenvalue weighted by atomic mass is 9.83. The van der Waals surface area contributed by atoms with Crippen molar-refractivity contribution in [2.45, 2.75) is 42.5 Å². The van der Waals surface area contributed by atoms with Gasteiger partial charge in [0.05, 0.1) is 11.6 Å². The zero-order chi connectivity index (χ0) is 16.7. The number of ether oxygens (including phenoxy) is 1. The summed E-state index contributed by atoms with van der Waals surface area (Å²) in [4.78, 5) is 24.9. The number of hydrogen-bond donors (Lipinski definition) is 1. The fraction of sp³-hybridized carbons (Fsp3) is 0.471. The van der Waals surface area contributed by atoms with Crippen molar-refractivity contribution in [1.29, 1.82) is 5.26 Å². The third-order valence-electron chi connectivity index (χ3n) is 3.96. The van der Waals surface area contributed by atoms with Crippen LogP contribution in [-0.4, -0.2) is 30.3 Å². The first-order valence-electron chi connectivity index (χ1n) is 7.63. The van der Waals surface area contributed by atoms with Crippen molar-refractivity contribution in [3.63, 3.8) is 0 Å². The number of thioether (sulfide) groups is 1. The number of nitrogens with one attached hydrogen (secondary N) is 1. The van der Waals surface area contributed by atoms with Crippen molar-refractivity contribution < 1.29 is 14.3 Å². The number of carbonyl (C=O) groups is 2. The molecule has 0 heterocycles. The van der Waals surface area contributed by atoms with E-state index in [9.17, 15) is 14.9 Å². The monoisotopic (exact) mass is 332 g/mol. The van der Waals surface area contributed by atoms with Crippen LogP contribution in [-0.2, 0) is 9.53 Å². The van der Waals surface area contributed by atoms with Crippen molar-refractivity contribution >= 4 is 23.6 Å². The molecule has 0 saturated heterocycles. The molecule has 1 aliphatic carbocycles. The lowest BCUT2D eigenvalue weighted by Gasteiger charge is -2.31. The van der Waals surface area contributed by atoms with E-state index in [1.165, 1.54) is 11.8 Å². The molecule has 0 bridgehead atoms. The Morgan fingerprint density at radius 2 is 2.00 bits per heavy atom. The van der Waals surface area contributed by atoms with Gasteiger partial charge < -0.3 is 10.1 Å². The molecule has 122 valence electrons. The maximum Gasteiger partial charge on any atom is 0.339 e. The largest absolute Gasteiger partial charge is 0.452 e. The first-order chi connectivity index (χ1) is 11.1. The van der Waals surface area contributed by atoms with Gasteiger partial charge in [0.25, 0.3) is 5.91 Å². The topological polar surface area (TPSA) is 79.2 Å². The molecule has 1 saturated carbocycles. The molecule has 0 aromatic heterocycles. The van der Waals surface area contributed by atoms with Crippen molar-refractivity contribution in [2.75, 3.05) is 12.9 Å². The van der Waals surface area contributed by atoms with E-state index in [0.717, 1.165) is 24.2 Å². The van der Waals surface area contributed by atoms with E-state index < -0.39 is 17.4 Å². The standard InChI is InChI=1S/C17H20N2O3S/c1-23-14-8-4-3-7-13(14)16(21)22-11-15(20)19-17(12-18)9-5-2-6-10-17/h3-4,7-8H,2,5-6,9-11H2,1H3,(H,19,20). The summed E-state index contributed by atoms with van der Waals surface area (Å²) >= 11 is 1.45. The number of amides is 1. The Balaban J connectivity index is 1.91. The summed E-state index contributed by atoms with van der Waals surface area (Å²) < 4.78 is 5.09. The minimum atomic E-state index is -0.807. The molecule has 1 amide bonds. The van der Waals surface area contributed by atoms with Gasteiger partial charge in [-0.3, -0.25) is 4.79 Å². The number of nitrogens with zero attached hydrogens (tertiary/aromatic N) is 1. The van der Waals surface area contributed by atoms with Gasteiger partial charge in [0.2, 0.25) is 0 Å². The highest BCUT2D eigenvalue weighted by molar-refractivity contribution is 7.98. The molecular formula is C17H20N2O3S. The van der Waals surface area contributed by atoms with Crippen molar-refractivity contribution in [1.82, 2.24) is 5.32 Å². The lowest BCUT2D eigenvalue weighted by molar-refractivity contribution is -0.125. The van der Waals surface area contributed by atoms with Gasteiger partial charge in [0.15, 0.2) is 6.61 Å². The zero-order valence-electron chi connectivity index (χ0n) is 13.1. The molecule has 1 aromatic carbocycles. The summed E-state index contributed by atoms with van der Waals surface area (Å²) in [5.74, 6) is -0.955. The van der Waals surface area contributed by atoms with E-state index in [2.05, 4.69) is 11.4 Å². The fourth-order valence-electron chi connectivity index (χ4n) is 2.75. The van der Waals surface area contributed by atoms with Gasteiger partial charge in [0, 0.05) is 4.90 Å². The van der Waals surface area contributed by atoms with Crippen LogP contribution in [0.3, 0.4) is 0 Å². The normalized spacial score (nSPS) is 16.2. The molecule has 1 fully saturated rings. The minimum absolute atomic E-state index is 0.370. The second kappa shape index (κ2) is 8.02. The molecular weight excluding hydrogens is 312 g/mol. The Morgan fingerprint density at radius 3 is 2.65 bits per heavy atom. The Kier molecular flexibility index (Phi) is 6.05. The number of esters is 1. The number of rotatable bonds is 5. The van der Waals surface area contributed by atoms with Crippen LogP contribution >= 0.6 is 11.8 Å². The highest BCUT2D eigenvalue weighted by atomic mass is 32.2. The van der Waals surface area contributed by atoms with Crippen LogP contribution in [0.4, 0.5) is 0 Å². The summed E-state index contributed by atoms with van der Waals surface area (Å²) in [6.07, 6.45) is 6.11. The Labute approximate surface area is 140 Å². The Bertz CT molecular complexity index is 619. The van der Waals surface area contributed by atoms with Gasteiger partial charge in [-0.25, -0.2) is 4.79 Å². The maximum atomic E-state index is 12.1. The second-order valence-electron chi connectivity index (χ2n) is 5.58. The molecule has 0 radical (unpaired) electrons. The SMILES string of the molecule is CSc1ccccc1C(=O)OCC(=O)NC1(C#N)CCCCC1. The summed E-state index contributed by atoms with van der Waals surface area (Å²) in [5, 5.41) is 12.1. The first-order valence-corrected chi connectivity index (χ1v) is 8.85. The highest BCUT2D eigenvalue weighted by Gasteiger charge is 2.33. The van der Waals surface area contributed by atoms with Crippen LogP contribution in [0.5, 0.6) is 0 Å². The summed E-state index contributed by atoms with van der Waals surface area (Å²) in [7, 11) is 0. The summed E-state index contributed by atoms with van der Waals surface area (Å²) in [6.45, 7) is -0.370. The minimum Gasteiger partial charge on any atom is -0.452 e. The Morgan fingerprint density at radius 1 is 1.30 bits per heavy atom. The predicted molar refractivity (Wildman–Crippen MR) is 88.1 cm³/mol. The fourth-order valence-corrected chi connectivity index (χ4v) is 3.33. The van der Waals surface area contributed by atoms with Crippen molar-refractivity contribution in [2.24, 2.45) is 0 Å². The Hall–Kier alpha value is -2.00. The van der Waals surface area contributed by atoms with E-state index in [1.807, 2.05) is 18.4 Å². The van der Waals surface area contributed by atoms with Gasteiger partial charge >= 0.3 is 5.97 Å². The molecule has 6 heteroatoms. The highest BCUT2D eigenvalue weighted by Crippen LogP contribution is 2.27. The van der Waals surface area contributed by atoms with Gasteiger partial charge in [-0.1, -0.05) is 31.4 Å². The number of carbonyl (C=O) groups excluding carboxylic acids is 2. The summed E-state index contributed by atoms with van der Waals surface area (Å²) in [6, 6.07) is 9.30. The van der Waals surface area contributed by atoms with Crippen LogP contribution in [0.1, 0.15) is 42.5 Å². The van der Waals surface area contributed by atoms with Crippen LogP contribution < -0.4 is 5.32 Å². The number of nitriles is 1. The van der Waals surface area contributed by atoms with Crippen molar-refractivity contribution in [3.05, 3.63) is 29.8 Å². The lowest BCUT2D eigenvalue weighted by Crippen LogP contribution is -2.50. The molecule has 5 nitrogen and oxygen atoms in total. The van der Waals surface area contributed by atoms with Crippen LogP contribution in [0.25, 0.3) is 0 Å². The average molecular weight is 332 g/mol. The molecule has 1 N–H and O–H groups in total. The van der Waals surface area contributed by atoms with E-state index in [-0.39, 0.29) is 6.61 Å². The molecule has 1 aromatic rings.